The molecular weight excluding hydrogens is 322 g/mol. The fourth-order valence-electron chi connectivity index (χ4n) is 4.23. The van der Waals surface area contributed by atoms with Crippen molar-refractivity contribution in [1.29, 1.82) is 0 Å². The third kappa shape index (κ3) is 3.77. The van der Waals surface area contributed by atoms with Crippen molar-refractivity contribution in [1.82, 2.24) is 4.90 Å². The first-order valence-electron chi connectivity index (χ1n) is 9.71. The van der Waals surface area contributed by atoms with E-state index in [0.717, 1.165) is 44.5 Å². The molecule has 2 fully saturated rings. The summed E-state index contributed by atoms with van der Waals surface area (Å²) < 4.78 is 5.22. The van der Waals surface area contributed by atoms with Crippen LogP contribution in [-0.2, 0) is 11.2 Å². The van der Waals surface area contributed by atoms with Gasteiger partial charge in [0.15, 0.2) is 0 Å². The van der Waals surface area contributed by atoms with E-state index in [0.29, 0.717) is 17.7 Å². The van der Waals surface area contributed by atoms with Crippen LogP contribution in [0, 0.1) is 11.8 Å². The maximum atomic E-state index is 12.8. The van der Waals surface area contributed by atoms with E-state index < -0.39 is 0 Å². The van der Waals surface area contributed by atoms with Gasteiger partial charge < -0.3 is 9.64 Å². The van der Waals surface area contributed by atoms with E-state index in [1.807, 2.05) is 12.1 Å². The van der Waals surface area contributed by atoms with Crippen LogP contribution in [0.3, 0.4) is 0 Å². The summed E-state index contributed by atoms with van der Waals surface area (Å²) in [5.41, 5.74) is 2.68. The molecule has 2 unspecified atom stereocenters. The molecule has 136 valence electrons. The molecule has 2 aliphatic rings. The Bertz CT molecular complexity index is 733. The summed E-state index contributed by atoms with van der Waals surface area (Å²) in [5, 5.41) is 0. The molecule has 2 aromatic rings. The van der Waals surface area contributed by atoms with Crippen LogP contribution in [0.2, 0.25) is 0 Å². The zero-order chi connectivity index (χ0) is 17.9. The number of ether oxygens (including phenoxy) is 1. The molecule has 0 bridgehead atoms. The molecule has 0 radical (unpaired) electrons. The quantitative estimate of drug-likeness (QED) is 0.806. The smallest absolute Gasteiger partial charge is 0.226 e. The van der Waals surface area contributed by atoms with Crippen molar-refractivity contribution >= 4 is 5.91 Å². The molecular formula is C23H27NO2. The van der Waals surface area contributed by atoms with Crippen molar-refractivity contribution < 1.29 is 9.53 Å². The number of piperidine rings is 1. The van der Waals surface area contributed by atoms with Crippen molar-refractivity contribution in [2.75, 3.05) is 20.2 Å². The molecule has 0 spiro atoms. The van der Waals surface area contributed by atoms with Crippen LogP contribution in [-0.4, -0.2) is 31.0 Å². The molecule has 4 rings (SSSR count). The van der Waals surface area contributed by atoms with E-state index in [2.05, 4.69) is 47.4 Å². The number of nitrogens with zero attached hydrogens (tertiary/aromatic N) is 1. The van der Waals surface area contributed by atoms with Gasteiger partial charge in [0.2, 0.25) is 5.91 Å². The standard InChI is InChI=1S/C23H27NO2/c1-26-20-9-7-19(8-10-20)21-16-22(21)23(25)24-13-11-18(12-14-24)15-17-5-3-2-4-6-17/h2-10,18,21-22H,11-16H2,1H3. The van der Waals surface area contributed by atoms with E-state index in [-0.39, 0.29) is 5.92 Å². The second-order valence-electron chi connectivity index (χ2n) is 7.68. The predicted molar refractivity (Wildman–Crippen MR) is 103 cm³/mol. The Labute approximate surface area is 156 Å². The lowest BCUT2D eigenvalue weighted by molar-refractivity contribution is -0.134. The summed E-state index contributed by atoms with van der Waals surface area (Å²) in [7, 11) is 1.68. The lowest BCUT2D eigenvalue weighted by Crippen LogP contribution is -2.40. The lowest BCUT2D eigenvalue weighted by atomic mass is 9.90. The predicted octanol–water partition coefficient (Wildman–Crippen LogP) is 4.28. The van der Waals surface area contributed by atoms with Crippen molar-refractivity contribution in [3.63, 3.8) is 0 Å². The minimum absolute atomic E-state index is 0.189. The molecule has 1 saturated carbocycles. The summed E-state index contributed by atoms with van der Waals surface area (Å²) in [6.45, 7) is 1.84. The summed E-state index contributed by atoms with van der Waals surface area (Å²) in [4.78, 5) is 14.9. The van der Waals surface area contributed by atoms with Gasteiger partial charge in [0.05, 0.1) is 7.11 Å². The van der Waals surface area contributed by atoms with Crippen molar-refractivity contribution in [2.24, 2.45) is 11.8 Å². The maximum Gasteiger partial charge on any atom is 0.226 e. The van der Waals surface area contributed by atoms with Gasteiger partial charge in [-0.15, -0.1) is 0 Å². The van der Waals surface area contributed by atoms with Crippen LogP contribution < -0.4 is 4.74 Å². The number of carbonyl (C=O) groups is 1. The highest BCUT2D eigenvalue weighted by Crippen LogP contribution is 2.49. The van der Waals surface area contributed by atoms with E-state index in [9.17, 15) is 4.79 Å². The first-order valence-corrected chi connectivity index (χ1v) is 9.71. The highest BCUT2D eigenvalue weighted by atomic mass is 16.5. The maximum absolute atomic E-state index is 12.8. The topological polar surface area (TPSA) is 29.5 Å². The number of carbonyl (C=O) groups excluding carboxylic acids is 1. The van der Waals surface area contributed by atoms with Gasteiger partial charge in [0, 0.05) is 19.0 Å². The van der Waals surface area contributed by atoms with Crippen molar-refractivity contribution in [3.8, 4) is 5.75 Å². The summed E-state index contributed by atoms with van der Waals surface area (Å²) in [5.74, 6) is 2.53. The molecule has 1 aliphatic carbocycles. The van der Waals surface area contributed by atoms with Gasteiger partial charge in [-0.05, 0) is 60.8 Å². The van der Waals surface area contributed by atoms with E-state index >= 15 is 0 Å². The Balaban J connectivity index is 1.27. The van der Waals surface area contributed by atoms with Gasteiger partial charge in [-0.1, -0.05) is 42.5 Å². The number of methoxy groups -OCH3 is 1. The molecule has 0 aromatic heterocycles. The molecule has 1 saturated heterocycles. The molecule has 26 heavy (non-hydrogen) atoms. The number of benzene rings is 2. The van der Waals surface area contributed by atoms with Crippen molar-refractivity contribution in [2.45, 2.75) is 31.6 Å². The number of likely N-dealkylation sites (tertiary alicyclic amines) is 1. The number of hydrogen-bond donors (Lipinski definition) is 0. The largest absolute Gasteiger partial charge is 0.497 e. The summed E-state index contributed by atoms with van der Waals surface area (Å²) >= 11 is 0. The van der Waals surface area contributed by atoms with E-state index in [1.54, 1.807) is 7.11 Å². The first kappa shape index (κ1) is 17.1. The Kier molecular flexibility index (Phi) is 4.96. The zero-order valence-electron chi connectivity index (χ0n) is 15.4. The van der Waals surface area contributed by atoms with Crippen LogP contribution >= 0.6 is 0 Å². The summed E-state index contributed by atoms with van der Waals surface area (Å²) in [6, 6.07) is 18.9. The minimum atomic E-state index is 0.189. The fourth-order valence-corrected chi connectivity index (χ4v) is 4.23. The number of rotatable bonds is 5. The van der Waals surface area contributed by atoms with Gasteiger partial charge in [-0.25, -0.2) is 0 Å². The molecule has 3 nitrogen and oxygen atoms in total. The Morgan fingerprint density at radius 1 is 1.04 bits per heavy atom. The average molecular weight is 349 g/mol. The average Bonchev–Trinajstić information content (AvgIpc) is 3.50. The van der Waals surface area contributed by atoms with E-state index in [1.165, 1.54) is 11.1 Å². The molecule has 1 aliphatic heterocycles. The summed E-state index contributed by atoms with van der Waals surface area (Å²) in [6.07, 6.45) is 4.39. The molecule has 1 heterocycles. The lowest BCUT2D eigenvalue weighted by Gasteiger charge is -2.32. The van der Waals surface area contributed by atoms with Gasteiger partial charge in [-0.2, -0.15) is 0 Å². The van der Waals surface area contributed by atoms with Crippen LogP contribution in [0.15, 0.2) is 54.6 Å². The highest BCUT2D eigenvalue weighted by molar-refractivity contribution is 5.83. The monoisotopic (exact) mass is 349 g/mol. The second kappa shape index (κ2) is 7.53. The molecule has 2 aromatic carbocycles. The van der Waals surface area contributed by atoms with Crippen molar-refractivity contribution in [3.05, 3.63) is 65.7 Å². The fraction of sp³-hybridized carbons (Fsp3) is 0.435. The van der Waals surface area contributed by atoms with Gasteiger partial charge >= 0.3 is 0 Å². The van der Waals surface area contributed by atoms with Gasteiger partial charge in [-0.3, -0.25) is 4.79 Å². The molecule has 2 atom stereocenters. The van der Waals surface area contributed by atoms with Crippen LogP contribution in [0.5, 0.6) is 5.75 Å². The molecule has 1 amide bonds. The number of amides is 1. The Morgan fingerprint density at radius 2 is 1.73 bits per heavy atom. The third-order valence-electron chi connectivity index (χ3n) is 5.94. The second-order valence-corrected chi connectivity index (χ2v) is 7.68. The Hall–Kier alpha value is -2.29. The molecule has 0 N–H and O–H groups in total. The highest BCUT2D eigenvalue weighted by Gasteiger charge is 2.46. The van der Waals surface area contributed by atoms with Crippen LogP contribution in [0.1, 0.15) is 36.3 Å². The minimum Gasteiger partial charge on any atom is -0.497 e. The Morgan fingerprint density at radius 3 is 2.38 bits per heavy atom. The SMILES string of the molecule is COc1ccc(C2CC2C(=O)N2CCC(Cc3ccccc3)CC2)cc1. The number of hydrogen-bond acceptors (Lipinski definition) is 2. The van der Waals surface area contributed by atoms with Crippen LogP contribution in [0.25, 0.3) is 0 Å². The molecule has 3 heteroatoms. The normalized spacial score (nSPS) is 22.9. The third-order valence-corrected chi connectivity index (χ3v) is 5.94. The zero-order valence-corrected chi connectivity index (χ0v) is 15.4. The van der Waals surface area contributed by atoms with E-state index in [4.69, 9.17) is 4.74 Å². The van der Waals surface area contributed by atoms with Gasteiger partial charge in [0.1, 0.15) is 5.75 Å². The van der Waals surface area contributed by atoms with Gasteiger partial charge in [0.25, 0.3) is 0 Å². The van der Waals surface area contributed by atoms with Crippen LogP contribution in [0.4, 0.5) is 0 Å². The first-order chi connectivity index (χ1) is 12.7.